The van der Waals surface area contributed by atoms with Gasteiger partial charge in [0.05, 0.1) is 0 Å². The van der Waals surface area contributed by atoms with E-state index in [2.05, 4.69) is 15.6 Å². The molecule has 5 nitrogen and oxygen atoms in total. The second-order valence-corrected chi connectivity index (χ2v) is 7.83. The molecule has 1 aromatic heterocycles. The Kier molecular flexibility index (Phi) is 6.28. The van der Waals surface area contributed by atoms with Crippen molar-refractivity contribution < 1.29 is 9.59 Å². The maximum absolute atomic E-state index is 13.1. The Morgan fingerprint density at radius 1 is 0.900 bits per heavy atom. The molecule has 0 radical (unpaired) electrons. The van der Waals surface area contributed by atoms with Gasteiger partial charge in [0.25, 0.3) is 11.8 Å². The van der Waals surface area contributed by atoms with E-state index in [-0.39, 0.29) is 23.6 Å². The standard InChI is InChI=1S/C25H27N3O2/c29-24(18-10-4-3-5-11-18)28-23(25(30)27-20-12-6-1-2-7-13-20)16-19-17-26-22-15-9-8-14-21(19)22/h3-5,8-11,14-17,20,26H,1-2,6-7,12-13H2,(H,27,30)(H,28,29)/b23-16+. The zero-order valence-corrected chi connectivity index (χ0v) is 17.0. The molecule has 0 unspecified atom stereocenters. The third-order valence-corrected chi connectivity index (χ3v) is 5.64. The molecular formula is C25H27N3O2. The van der Waals surface area contributed by atoms with Crippen molar-refractivity contribution >= 4 is 28.8 Å². The summed E-state index contributed by atoms with van der Waals surface area (Å²) in [7, 11) is 0. The van der Waals surface area contributed by atoms with Gasteiger partial charge in [-0.2, -0.15) is 0 Å². The largest absolute Gasteiger partial charge is 0.361 e. The summed E-state index contributed by atoms with van der Waals surface area (Å²) in [5.74, 6) is -0.533. The third kappa shape index (κ3) is 4.79. The van der Waals surface area contributed by atoms with E-state index in [1.165, 1.54) is 12.8 Å². The van der Waals surface area contributed by atoms with Gasteiger partial charge in [0, 0.05) is 34.3 Å². The van der Waals surface area contributed by atoms with Gasteiger partial charge in [0.2, 0.25) is 0 Å². The lowest BCUT2D eigenvalue weighted by molar-refractivity contribution is -0.118. The molecule has 0 spiro atoms. The number of amides is 2. The fourth-order valence-electron chi connectivity index (χ4n) is 4.00. The molecule has 1 fully saturated rings. The van der Waals surface area contributed by atoms with Crippen molar-refractivity contribution in [3.05, 3.63) is 77.6 Å². The number of rotatable bonds is 5. The van der Waals surface area contributed by atoms with E-state index in [9.17, 15) is 9.59 Å². The molecule has 0 saturated heterocycles. The molecule has 1 saturated carbocycles. The minimum atomic E-state index is -0.294. The number of carbonyl (C=O) groups excluding carboxylic acids is 2. The molecule has 5 heteroatoms. The maximum atomic E-state index is 13.1. The van der Waals surface area contributed by atoms with Gasteiger partial charge >= 0.3 is 0 Å². The average molecular weight is 402 g/mol. The molecule has 0 aliphatic heterocycles. The van der Waals surface area contributed by atoms with Crippen LogP contribution < -0.4 is 10.6 Å². The van der Waals surface area contributed by atoms with Crippen molar-refractivity contribution in [3.8, 4) is 0 Å². The van der Waals surface area contributed by atoms with Crippen LogP contribution >= 0.6 is 0 Å². The number of para-hydroxylation sites is 1. The van der Waals surface area contributed by atoms with Crippen molar-refractivity contribution in [2.75, 3.05) is 0 Å². The van der Waals surface area contributed by atoms with Gasteiger partial charge in [-0.3, -0.25) is 9.59 Å². The fourth-order valence-corrected chi connectivity index (χ4v) is 4.00. The van der Waals surface area contributed by atoms with Crippen LogP contribution in [0.1, 0.15) is 54.4 Å². The molecule has 2 aromatic carbocycles. The van der Waals surface area contributed by atoms with E-state index in [4.69, 9.17) is 0 Å². The van der Waals surface area contributed by atoms with Crippen LogP contribution in [0.4, 0.5) is 0 Å². The van der Waals surface area contributed by atoms with E-state index in [0.717, 1.165) is 42.1 Å². The molecule has 1 aliphatic rings. The highest BCUT2D eigenvalue weighted by Gasteiger charge is 2.20. The lowest BCUT2D eigenvalue weighted by atomic mass is 10.1. The summed E-state index contributed by atoms with van der Waals surface area (Å²) < 4.78 is 0. The van der Waals surface area contributed by atoms with E-state index in [1.54, 1.807) is 18.2 Å². The van der Waals surface area contributed by atoms with E-state index in [0.29, 0.717) is 5.56 Å². The van der Waals surface area contributed by atoms with Crippen molar-refractivity contribution in [1.82, 2.24) is 15.6 Å². The highest BCUT2D eigenvalue weighted by Crippen LogP contribution is 2.21. The molecule has 1 heterocycles. The number of hydrogen-bond donors (Lipinski definition) is 3. The first-order chi connectivity index (χ1) is 14.7. The van der Waals surface area contributed by atoms with Gasteiger partial charge in [-0.25, -0.2) is 0 Å². The Labute approximate surface area is 176 Å². The zero-order valence-electron chi connectivity index (χ0n) is 17.0. The minimum Gasteiger partial charge on any atom is -0.361 e. The number of nitrogens with one attached hydrogen (secondary N) is 3. The van der Waals surface area contributed by atoms with E-state index in [1.807, 2.05) is 48.7 Å². The Balaban J connectivity index is 1.61. The lowest BCUT2D eigenvalue weighted by Gasteiger charge is -2.18. The molecule has 0 bridgehead atoms. The van der Waals surface area contributed by atoms with E-state index < -0.39 is 0 Å². The van der Waals surface area contributed by atoms with Gasteiger partial charge < -0.3 is 15.6 Å². The van der Waals surface area contributed by atoms with Crippen LogP contribution in [0, 0.1) is 0 Å². The molecule has 2 amide bonds. The summed E-state index contributed by atoms with van der Waals surface area (Å²) in [5, 5.41) is 6.99. The number of carbonyl (C=O) groups is 2. The van der Waals surface area contributed by atoms with Crippen LogP contribution in [0.3, 0.4) is 0 Å². The second-order valence-electron chi connectivity index (χ2n) is 7.83. The van der Waals surface area contributed by atoms with Gasteiger partial charge in [-0.1, -0.05) is 62.1 Å². The first-order valence-corrected chi connectivity index (χ1v) is 10.7. The van der Waals surface area contributed by atoms with E-state index >= 15 is 0 Å². The zero-order chi connectivity index (χ0) is 20.8. The Bertz CT molecular complexity index is 1040. The summed E-state index contributed by atoms with van der Waals surface area (Å²) in [4.78, 5) is 29.1. The number of H-pyrrole nitrogens is 1. The Hall–Kier alpha value is -3.34. The lowest BCUT2D eigenvalue weighted by Crippen LogP contribution is -2.40. The average Bonchev–Trinajstić information content (AvgIpc) is 3.00. The van der Waals surface area contributed by atoms with Gasteiger partial charge in [-0.15, -0.1) is 0 Å². The topological polar surface area (TPSA) is 74.0 Å². The number of hydrogen-bond acceptors (Lipinski definition) is 2. The highest BCUT2D eigenvalue weighted by atomic mass is 16.2. The van der Waals surface area contributed by atoms with Crippen LogP contribution in [-0.4, -0.2) is 22.8 Å². The van der Waals surface area contributed by atoms with Crippen molar-refractivity contribution in [1.29, 1.82) is 0 Å². The highest BCUT2D eigenvalue weighted by molar-refractivity contribution is 6.06. The quantitative estimate of drug-likeness (QED) is 0.425. The first-order valence-electron chi connectivity index (χ1n) is 10.7. The van der Waals surface area contributed by atoms with Crippen LogP contribution in [-0.2, 0) is 4.79 Å². The smallest absolute Gasteiger partial charge is 0.268 e. The van der Waals surface area contributed by atoms with Crippen LogP contribution in [0.5, 0.6) is 0 Å². The molecule has 3 N–H and O–H groups in total. The molecule has 30 heavy (non-hydrogen) atoms. The first kappa shape index (κ1) is 20.0. The maximum Gasteiger partial charge on any atom is 0.268 e. The predicted molar refractivity (Wildman–Crippen MR) is 120 cm³/mol. The van der Waals surface area contributed by atoms with Crippen molar-refractivity contribution in [2.24, 2.45) is 0 Å². The predicted octanol–water partition coefficient (Wildman–Crippen LogP) is 4.78. The number of aromatic nitrogens is 1. The molecule has 154 valence electrons. The van der Waals surface area contributed by atoms with Crippen LogP contribution in [0.15, 0.2) is 66.5 Å². The van der Waals surface area contributed by atoms with Crippen molar-refractivity contribution in [3.63, 3.8) is 0 Å². The van der Waals surface area contributed by atoms with Crippen molar-refractivity contribution in [2.45, 2.75) is 44.6 Å². The number of fused-ring (bicyclic) bond motifs is 1. The normalized spacial score (nSPS) is 15.5. The summed E-state index contributed by atoms with van der Waals surface area (Å²) in [5.41, 5.74) is 2.63. The molecule has 4 rings (SSSR count). The minimum absolute atomic E-state index is 0.153. The second kappa shape index (κ2) is 9.44. The molecule has 0 atom stereocenters. The molecular weight excluding hydrogens is 374 g/mol. The number of benzene rings is 2. The molecule has 1 aliphatic carbocycles. The summed E-state index contributed by atoms with van der Waals surface area (Å²) in [6, 6.07) is 17.0. The van der Waals surface area contributed by atoms with Crippen LogP contribution in [0.25, 0.3) is 17.0 Å². The number of aromatic amines is 1. The van der Waals surface area contributed by atoms with Gasteiger partial charge in [-0.05, 0) is 37.1 Å². The van der Waals surface area contributed by atoms with Gasteiger partial charge in [0.1, 0.15) is 5.70 Å². The summed E-state index contributed by atoms with van der Waals surface area (Å²) in [6.45, 7) is 0. The fraction of sp³-hybridized carbons (Fsp3) is 0.280. The Morgan fingerprint density at radius 3 is 2.37 bits per heavy atom. The summed E-state index contributed by atoms with van der Waals surface area (Å²) >= 11 is 0. The monoisotopic (exact) mass is 401 g/mol. The SMILES string of the molecule is O=C(NC1CCCCCC1)/C(=C\c1c[nH]c2ccccc12)NC(=O)c1ccccc1. The molecule has 3 aromatic rings. The Morgan fingerprint density at radius 2 is 1.60 bits per heavy atom. The third-order valence-electron chi connectivity index (χ3n) is 5.64. The van der Waals surface area contributed by atoms with Crippen LogP contribution in [0.2, 0.25) is 0 Å². The van der Waals surface area contributed by atoms with Gasteiger partial charge in [0.15, 0.2) is 0 Å². The summed E-state index contributed by atoms with van der Waals surface area (Å²) in [6.07, 6.45) is 10.3.